The highest BCUT2D eigenvalue weighted by molar-refractivity contribution is 8.15. The highest BCUT2D eigenvalue weighted by atomic mass is 32.2. The van der Waals surface area contributed by atoms with E-state index in [9.17, 15) is 19.5 Å². The van der Waals surface area contributed by atoms with Crippen LogP contribution in [0.2, 0.25) is 0 Å². The van der Waals surface area contributed by atoms with Crippen LogP contribution in [-0.4, -0.2) is 42.4 Å². The summed E-state index contributed by atoms with van der Waals surface area (Å²) in [5.41, 5.74) is 0.982. The fourth-order valence-corrected chi connectivity index (χ4v) is 3.83. The number of imide groups is 1. The molecule has 2 aromatic rings. The molecule has 0 aliphatic carbocycles. The first-order valence-corrected chi connectivity index (χ1v) is 9.54. The van der Waals surface area contributed by atoms with Crippen molar-refractivity contribution in [2.45, 2.75) is 11.7 Å². The first-order chi connectivity index (χ1) is 13.9. The van der Waals surface area contributed by atoms with E-state index in [4.69, 9.17) is 4.74 Å². The van der Waals surface area contributed by atoms with Gasteiger partial charge in [-0.3, -0.25) is 14.6 Å². The van der Waals surface area contributed by atoms with Crippen molar-refractivity contribution < 1.29 is 24.2 Å². The third kappa shape index (κ3) is 4.40. The number of amidine groups is 1. The molecule has 1 atom stereocenters. The second-order valence-corrected chi connectivity index (χ2v) is 7.26. The molecule has 0 aromatic heterocycles. The Morgan fingerprint density at radius 1 is 1.21 bits per heavy atom. The number of benzene rings is 2. The number of methoxy groups -OCH3 is 1. The quantitative estimate of drug-likeness (QED) is 0.450. The van der Waals surface area contributed by atoms with E-state index in [1.807, 2.05) is 18.2 Å². The van der Waals surface area contributed by atoms with Gasteiger partial charge in [0.25, 0.3) is 0 Å². The Hall–Kier alpha value is -3.33. The lowest BCUT2D eigenvalue weighted by Crippen LogP contribution is -2.32. The smallest absolute Gasteiger partial charge is 0.247 e. The summed E-state index contributed by atoms with van der Waals surface area (Å²) < 4.78 is 5.30. The lowest BCUT2D eigenvalue weighted by molar-refractivity contribution is -0.255. The molecule has 0 spiro atoms. The summed E-state index contributed by atoms with van der Waals surface area (Å²) in [6.07, 6.45) is 0.0123. The Morgan fingerprint density at radius 3 is 2.52 bits per heavy atom. The van der Waals surface area contributed by atoms with Gasteiger partial charge in [0.2, 0.25) is 11.8 Å². The van der Waals surface area contributed by atoms with Crippen LogP contribution in [0.25, 0.3) is 0 Å². The van der Waals surface area contributed by atoms with Crippen LogP contribution < -0.4 is 20.1 Å². The lowest BCUT2D eigenvalue weighted by atomic mass is 10.2. The minimum absolute atomic E-state index is 0.0123. The van der Waals surface area contributed by atoms with E-state index in [-0.39, 0.29) is 23.8 Å². The number of ether oxygens (including phenoxy) is 1. The molecule has 0 saturated carbocycles. The minimum atomic E-state index is -1.32. The molecule has 8 nitrogen and oxygen atoms in total. The number of hydrogen-bond donors (Lipinski definition) is 1. The Kier molecular flexibility index (Phi) is 6.18. The van der Waals surface area contributed by atoms with Crippen molar-refractivity contribution in [3.8, 4) is 5.75 Å². The van der Waals surface area contributed by atoms with Crippen LogP contribution >= 0.6 is 11.8 Å². The van der Waals surface area contributed by atoms with E-state index in [2.05, 4.69) is 10.3 Å². The summed E-state index contributed by atoms with van der Waals surface area (Å²) in [4.78, 5) is 41.3. The van der Waals surface area contributed by atoms with Crippen molar-refractivity contribution in [2.75, 3.05) is 24.4 Å². The standard InChI is InChI=1S/C20H19N3O5S/c1-21-20(22-14-5-3-4-6-15(14)28-2)29-16-11-17(24)23(18(16)25)13-9-7-12(8-10-13)19(26)27/h3-10,16H,11H2,1-2H3,(H,21,22)(H,26,27)/p-1/t16-/m1/s1. The highest BCUT2D eigenvalue weighted by Crippen LogP contribution is 2.32. The summed E-state index contributed by atoms with van der Waals surface area (Å²) in [7, 11) is 3.14. The van der Waals surface area contributed by atoms with Crippen molar-refractivity contribution in [1.82, 2.24) is 0 Å². The van der Waals surface area contributed by atoms with E-state index >= 15 is 0 Å². The first kappa shape index (κ1) is 20.4. The number of aromatic carboxylic acids is 1. The topological polar surface area (TPSA) is 111 Å². The average Bonchev–Trinajstić information content (AvgIpc) is 3.00. The molecule has 29 heavy (non-hydrogen) atoms. The highest BCUT2D eigenvalue weighted by Gasteiger charge is 2.40. The molecule has 1 N–H and O–H groups in total. The van der Waals surface area contributed by atoms with E-state index in [1.165, 1.54) is 24.3 Å². The van der Waals surface area contributed by atoms with Crippen LogP contribution in [-0.2, 0) is 9.59 Å². The number of para-hydroxylation sites is 2. The third-order valence-electron chi connectivity index (χ3n) is 4.27. The summed E-state index contributed by atoms with van der Waals surface area (Å²) in [5.74, 6) is -1.45. The monoisotopic (exact) mass is 412 g/mol. The number of carboxylic acids is 1. The van der Waals surface area contributed by atoms with Gasteiger partial charge in [-0.1, -0.05) is 36.0 Å². The first-order valence-electron chi connectivity index (χ1n) is 8.66. The number of carbonyl (C=O) groups is 3. The molecule has 0 radical (unpaired) electrons. The fraction of sp³-hybridized carbons (Fsp3) is 0.200. The molecule has 1 fully saturated rings. The van der Waals surface area contributed by atoms with E-state index in [0.717, 1.165) is 16.7 Å². The maximum atomic E-state index is 12.8. The lowest BCUT2D eigenvalue weighted by Gasteiger charge is -2.17. The maximum Gasteiger partial charge on any atom is 0.247 e. The molecule has 1 aliphatic rings. The molecule has 1 heterocycles. The van der Waals surface area contributed by atoms with Gasteiger partial charge in [-0.15, -0.1) is 0 Å². The van der Waals surface area contributed by atoms with Crippen molar-refractivity contribution in [3.05, 3.63) is 54.1 Å². The molecular weight excluding hydrogens is 394 g/mol. The number of aliphatic imine (C=N–C) groups is 1. The van der Waals surface area contributed by atoms with E-state index in [1.54, 1.807) is 20.2 Å². The molecule has 9 heteroatoms. The largest absolute Gasteiger partial charge is 0.545 e. The summed E-state index contributed by atoms with van der Waals surface area (Å²) in [6.45, 7) is 0. The van der Waals surface area contributed by atoms with E-state index in [0.29, 0.717) is 22.3 Å². The molecule has 1 aliphatic heterocycles. The van der Waals surface area contributed by atoms with Gasteiger partial charge in [0.05, 0.1) is 24.5 Å². The van der Waals surface area contributed by atoms with E-state index < -0.39 is 11.2 Å². The van der Waals surface area contributed by atoms with Crippen molar-refractivity contribution in [3.63, 3.8) is 0 Å². The SMILES string of the molecule is CN=C(Nc1ccccc1OC)S[C@@H]1CC(=O)N(c2ccc(C(=O)[O-])cc2)C1=O. The van der Waals surface area contributed by atoms with Gasteiger partial charge >= 0.3 is 0 Å². The van der Waals surface area contributed by atoms with Gasteiger partial charge < -0.3 is 20.0 Å². The Morgan fingerprint density at radius 2 is 1.90 bits per heavy atom. The molecule has 0 unspecified atom stereocenters. The van der Waals surface area contributed by atoms with Crippen LogP contribution in [0.15, 0.2) is 53.5 Å². The molecule has 1 saturated heterocycles. The second kappa shape index (κ2) is 8.78. The summed E-state index contributed by atoms with van der Waals surface area (Å²) >= 11 is 1.15. The number of thioether (sulfide) groups is 1. The van der Waals surface area contributed by atoms with Crippen LogP contribution in [0.4, 0.5) is 11.4 Å². The number of amides is 2. The van der Waals surface area contributed by atoms with Gasteiger partial charge in [0.15, 0.2) is 5.17 Å². The molecule has 3 rings (SSSR count). The molecule has 2 aromatic carbocycles. The van der Waals surface area contributed by atoms with Crippen molar-refractivity contribution in [1.29, 1.82) is 0 Å². The van der Waals surface area contributed by atoms with Crippen LogP contribution in [0.1, 0.15) is 16.8 Å². The molecule has 2 amide bonds. The number of hydrogen-bond acceptors (Lipinski definition) is 7. The van der Waals surface area contributed by atoms with Gasteiger partial charge in [0.1, 0.15) is 11.0 Å². The maximum absolute atomic E-state index is 12.8. The third-order valence-corrected chi connectivity index (χ3v) is 5.43. The summed E-state index contributed by atoms with van der Waals surface area (Å²) in [6, 6.07) is 12.7. The number of nitrogens with one attached hydrogen (secondary N) is 1. The fourth-order valence-electron chi connectivity index (χ4n) is 2.85. The number of carbonyl (C=O) groups excluding carboxylic acids is 3. The van der Waals surface area contributed by atoms with Gasteiger partial charge in [-0.2, -0.15) is 0 Å². The number of rotatable bonds is 5. The molecule has 0 bridgehead atoms. The second-order valence-electron chi connectivity index (χ2n) is 6.07. The van der Waals surface area contributed by atoms with Crippen LogP contribution in [0.3, 0.4) is 0 Å². The summed E-state index contributed by atoms with van der Waals surface area (Å²) in [5, 5.41) is 13.8. The predicted octanol–water partition coefficient (Wildman–Crippen LogP) is 1.52. The van der Waals surface area contributed by atoms with Gasteiger partial charge in [0, 0.05) is 13.5 Å². The zero-order valence-electron chi connectivity index (χ0n) is 15.7. The van der Waals surface area contributed by atoms with Crippen LogP contribution in [0.5, 0.6) is 5.75 Å². The van der Waals surface area contributed by atoms with Gasteiger partial charge in [-0.25, -0.2) is 4.90 Å². The molecule has 150 valence electrons. The Bertz CT molecular complexity index is 974. The Labute approximate surface area is 171 Å². The van der Waals surface area contributed by atoms with Crippen molar-refractivity contribution >= 4 is 46.1 Å². The van der Waals surface area contributed by atoms with Crippen molar-refractivity contribution in [2.24, 2.45) is 4.99 Å². The Balaban J connectivity index is 1.74. The zero-order chi connectivity index (χ0) is 21.0. The van der Waals surface area contributed by atoms with Crippen LogP contribution in [0, 0.1) is 0 Å². The predicted molar refractivity (Wildman–Crippen MR) is 109 cm³/mol. The number of carboxylic acid groups (broad SMARTS) is 1. The normalized spacial score (nSPS) is 16.8. The van der Waals surface area contributed by atoms with Gasteiger partial charge in [-0.05, 0) is 29.8 Å². The number of anilines is 2. The zero-order valence-corrected chi connectivity index (χ0v) is 16.6. The average molecular weight is 412 g/mol. The number of nitrogens with zero attached hydrogens (tertiary/aromatic N) is 2. The molecular formula is C20H18N3O5S-. The minimum Gasteiger partial charge on any atom is -0.545 e.